The summed E-state index contributed by atoms with van der Waals surface area (Å²) in [5, 5.41) is 6.69. The van der Waals surface area contributed by atoms with Crippen molar-refractivity contribution < 1.29 is 4.74 Å². The number of benzene rings is 1. The van der Waals surface area contributed by atoms with Crippen LogP contribution in [-0.2, 0) is 6.54 Å². The average Bonchev–Trinajstić information content (AvgIpc) is 2.48. The van der Waals surface area contributed by atoms with E-state index in [4.69, 9.17) is 40.2 Å². The first-order chi connectivity index (χ1) is 10.1. The fraction of sp³-hybridized carbons (Fsp3) is 0.154. The monoisotopic (exact) mass is 342 g/mol. The quantitative estimate of drug-likeness (QED) is 0.831. The van der Waals surface area contributed by atoms with Crippen LogP contribution in [0.25, 0.3) is 0 Å². The molecule has 0 aliphatic carbocycles. The third-order valence-electron chi connectivity index (χ3n) is 2.54. The molecule has 0 saturated heterocycles. The van der Waals surface area contributed by atoms with Crippen molar-refractivity contribution in [3.8, 4) is 5.75 Å². The lowest BCUT2D eigenvalue weighted by Gasteiger charge is -2.11. The largest absolute Gasteiger partial charge is 0.497 e. The Balaban J connectivity index is 1.89. The minimum atomic E-state index is 0.163. The van der Waals surface area contributed by atoms with Crippen molar-refractivity contribution in [1.29, 1.82) is 0 Å². The molecule has 1 aromatic heterocycles. The summed E-state index contributed by atoms with van der Waals surface area (Å²) >= 11 is 16.7. The van der Waals surface area contributed by atoms with E-state index in [0.717, 1.165) is 11.3 Å². The number of halogens is 2. The number of aromatic nitrogens is 2. The molecule has 0 fully saturated rings. The topological polar surface area (TPSA) is 59.1 Å². The third kappa shape index (κ3) is 4.70. The predicted octanol–water partition coefficient (Wildman–Crippen LogP) is 3.28. The minimum absolute atomic E-state index is 0.163. The second kappa shape index (κ2) is 7.40. The van der Waals surface area contributed by atoms with E-state index >= 15 is 0 Å². The summed E-state index contributed by atoms with van der Waals surface area (Å²) in [6, 6.07) is 7.66. The van der Waals surface area contributed by atoms with Crippen molar-refractivity contribution in [3.63, 3.8) is 0 Å². The molecule has 0 spiro atoms. The van der Waals surface area contributed by atoms with Crippen LogP contribution < -0.4 is 15.4 Å². The maximum Gasteiger partial charge on any atom is 0.173 e. The van der Waals surface area contributed by atoms with E-state index in [0.29, 0.717) is 17.5 Å². The zero-order chi connectivity index (χ0) is 15.2. The van der Waals surface area contributed by atoms with Crippen LogP contribution in [0.1, 0.15) is 5.56 Å². The Kier molecular flexibility index (Phi) is 5.55. The second-order valence-electron chi connectivity index (χ2n) is 3.99. The van der Waals surface area contributed by atoms with Gasteiger partial charge in [-0.3, -0.25) is 0 Å². The van der Waals surface area contributed by atoms with Crippen LogP contribution in [0.15, 0.2) is 30.5 Å². The molecular formula is C13H12Cl2N4OS. The van der Waals surface area contributed by atoms with Crippen LogP contribution in [0.5, 0.6) is 5.75 Å². The van der Waals surface area contributed by atoms with Crippen molar-refractivity contribution in [2.45, 2.75) is 6.54 Å². The Labute approximate surface area is 137 Å². The molecule has 8 heteroatoms. The van der Waals surface area contributed by atoms with Gasteiger partial charge in [-0.25, -0.2) is 9.97 Å². The van der Waals surface area contributed by atoms with E-state index in [1.54, 1.807) is 7.11 Å². The van der Waals surface area contributed by atoms with E-state index in [2.05, 4.69) is 20.6 Å². The molecule has 0 amide bonds. The molecule has 0 unspecified atom stereocenters. The molecule has 5 nitrogen and oxygen atoms in total. The van der Waals surface area contributed by atoms with E-state index in [-0.39, 0.29) is 10.3 Å². The predicted molar refractivity (Wildman–Crippen MR) is 88.1 cm³/mol. The number of hydrogen-bond acceptors (Lipinski definition) is 4. The van der Waals surface area contributed by atoms with Gasteiger partial charge < -0.3 is 15.4 Å². The number of methoxy groups -OCH3 is 1. The van der Waals surface area contributed by atoms with E-state index in [9.17, 15) is 0 Å². The van der Waals surface area contributed by atoms with Gasteiger partial charge in [-0.2, -0.15) is 0 Å². The lowest BCUT2D eigenvalue weighted by atomic mass is 10.2. The number of hydrogen-bond donors (Lipinski definition) is 2. The molecule has 2 rings (SSSR count). The van der Waals surface area contributed by atoms with Gasteiger partial charge in [0.25, 0.3) is 0 Å². The van der Waals surface area contributed by atoms with Crippen LogP contribution in [0.2, 0.25) is 10.3 Å². The lowest BCUT2D eigenvalue weighted by Crippen LogP contribution is -2.28. The standard InChI is InChI=1S/C13H12Cl2N4OS/c1-20-9-4-2-8(3-5-9)6-17-13(21)19-12-11(15)18-10(14)7-16-12/h2-5,7H,6H2,1H3,(H2,16,17,19,21). The molecule has 2 N–H and O–H groups in total. The van der Waals surface area contributed by atoms with Gasteiger partial charge >= 0.3 is 0 Å². The normalized spacial score (nSPS) is 10.0. The lowest BCUT2D eigenvalue weighted by molar-refractivity contribution is 0.414. The zero-order valence-corrected chi connectivity index (χ0v) is 13.4. The molecule has 0 radical (unpaired) electrons. The van der Waals surface area contributed by atoms with E-state index in [1.165, 1.54) is 6.20 Å². The Morgan fingerprint density at radius 1 is 1.29 bits per heavy atom. The smallest absolute Gasteiger partial charge is 0.173 e. The van der Waals surface area contributed by atoms with Crippen LogP contribution in [0.4, 0.5) is 5.82 Å². The number of nitrogens with one attached hydrogen (secondary N) is 2. The average molecular weight is 343 g/mol. The molecule has 21 heavy (non-hydrogen) atoms. The highest BCUT2D eigenvalue weighted by molar-refractivity contribution is 7.80. The van der Waals surface area contributed by atoms with Crippen LogP contribution in [0.3, 0.4) is 0 Å². The van der Waals surface area contributed by atoms with Gasteiger partial charge in [0.2, 0.25) is 0 Å². The van der Waals surface area contributed by atoms with Gasteiger partial charge in [-0.05, 0) is 29.9 Å². The van der Waals surface area contributed by atoms with Gasteiger partial charge in [0, 0.05) is 6.54 Å². The van der Waals surface area contributed by atoms with Gasteiger partial charge in [0.15, 0.2) is 16.1 Å². The first-order valence-corrected chi connectivity index (χ1v) is 7.10. The van der Waals surface area contributed by atoms with Crippen LogP contribution in [-0.4, -0.2) is 22.2 Å². The van der Waals surface area contributed by atoms with E-state index in [1.807, 2.05) is 24.3 Å². The number of thiocarbonyl (C=S) groups is 1. The van der Waals surface area contributed by atoms with Crippen molar-refractivity contribution in [3.05, 3.63) is 46.3 Å². The number of ether oxygens (including phenoxy) is 1. The maximum atomic E-state index is 5.90. The summed E-state index contributed by atoms with van der Waals surface area (Å²) in [7, 11) is 1.63. The molecule has 0 bridgehead atoms. The number of rotatable bonds is 4. The Morgan fingerprint density at radius 3 is 2.62 bits per heavy atom. The molecule has 0 aliphatic heterocycles. The van der Waals surface area contributed by atoms with Gasteiger partial charge in [-0.15, -0.1) is 0 Å². The second-order valence-corrected chi connectivity index (χ2v) is 5.14. The third-order valence-corrected chi connectivity index (χ3v) is 3.24. The highest BCUT2D eigenvalue weighted by atomic mass is 35.5. The number of nitrogens with zero attached hydrogens (tertiary/aromatic N) is 2. The first kappa shape index (κ1) is 15.8. The number of anilines is 1. The van der Waals surface area contributed by atoms with E-state index < -0.39 is 0 Å². The Bertz CT molecular complexity index is 637. The summed E-state index contributed by atoms with van der Waals surface area (Å²) in [5.41, 5.74) is 1.06. The van der Waals surface area contributed by atoms with Crippen LogP contribution in [0, 0.1) is 0 Å². The zero-order valence-electron chi connectivity index (χ0n) is 11.1. The fourth-order valence-corrected chi connectivity index (χ4v) is 2.04. The Hall–Kier alpha value is -1.63. The first-order valence-electron chi connectivity index (χ1n) is 5.94. The molecular weight excluding hydrogens is 331 g/mol. The SMILES string of the molecule is COc1ccc(CNC(=S)Nc2ncc(Cl)nc2Cl)cc1. The Morgan fingerprint density at radius 2 is 2.00 bits per heavy atom. The van der Waals surface area contributed by atoms with Gasteiger partial charge in [0.1, 0.15) is 10.9 Å². The van der Waals surface area contributed by atoms with Gasteiger partial charge in [0.05, 0.1) is 13.3 Å². The molecule has 0 aliphatic rings. The van der Waals surface area contributed by atoms with Crippen molar-refractivity contribution in [1.82, 2.24) is 15.3 Å². The summed E-state index contributed by atoms with van der Waals surface area (Å²) < 4.78 is 5.10. The maximum absolute atomic E-state index is 5.90. The summed E-state index contributed by atoms with van der Waals surface area (Å²) in [4.78, 5) is 7.88. The fourth-order valence-electron chi connectivity index (χ4n) is 1.51. The van der Waals surface area contributed by atoms with Crippen molar-refractivity contribution in [2.75, 3.05) is 12.4 Å². The minimum Gasteiger partial charge on any atom is -0.497 e. The van der Waals surface area contributed by atoms with Gasteiger partial charge in [-0.1, -0.05) is 35.3 Å². The molecule has 1 aromatic carbocycles. The molecule has 1 heterocycles. The summed E-state index contributed by atoms with van der Waals surface area (Å²) in [6.45, 7) is 0.564. The summed E-state index contributed by atoms with van der Waals surface area (Å²) in [6.07, 6.45) is 1.39. The highest BCUT2D eigenvalue weighted by Gasteiger charge is 2.06. The molecule has 2 aromatic rings. The molecule has 110 valence electrons. The van der Waals surface area contributed by atoms with Crippen molar-refractivity contribution in [2.24, 2.45) is 0 Å². The summed E-state index contributed by atoms with van der Waals surface area (Å²) in [5.74, 6) is 1.16. The molecule has 0 saturated carbocycles. The highest BCUT2D eigenvalue weighted by Crippen LogP contribution is 2.18. The van der Waals surface area contributed by atoms with Crippen LogP contribution >= 0.6 is 35.4 Å². The molecule has 0 atom stereocenters. The van der Waals surface area contributed by atoms with Crippen molar-refractivity contribution >= 4 is 46.4 Å².